The van der Waals surface area contributed by atoms with E-state index in [0.717, 1.165) is 5.56 Å². The molecule has 2 unspecified atom stereocenters. The van der Waals surface area contributed by atoms with Gasteiger partial charge < -0.3 is 10.0 Å². The number of hydrogen-bond donors (Lipinski definition) is 1. The maximum atomic E-state index is 11.9. The van der Waals surface area contributed by atoms with Gasteiger partial charge in [0.15, 0.2) is 0 Å². The van der Waals surface area contributed by atoms with Crippen LogP contribution in [0.5, 0.6) is 0 Å². The van der Waals surface area contributed by atoms with Crippen LogP contribution in [0.4, 0.5) is 0 Å². The molecule has 16 heavy (non-hydrogen) atoms. The van der Waals surface area contributed by atoms with Gasteiger partial charge in [0.05, 0.1) is 5.25 Å². The van der Waals surface area contributed by atoms with Gasteiger partial charge in [0, 0.05) is 13.0 Å². The Morgan fingerprint density at radius 2 is 2.12 bits per heavy atom. The maximum absolute atomic E-state index is 11.9. The first kappa shape index (κ1) is 11.5. The van der Waals surface area contributed by atoms with Gasteiger partial charge in [-0.3, -0.25) is 4.79 Å². The summed E-state index contributed by atoms with van der Waals surface area (Å²) in [4.78, 5) is 13.4. The lowest BCUT2D eigenvalue weighted by molar-refractivity contribution is -0.133. The van der Waals surface area contributed by atoms with Crippen LogP contribution in [0, 0.1) is 0 Å². The zero-order valence-electron chi connectivity index (χ0n) is 9.17. The molecule has 3 nitrogen and oxygen atoms in total. The molecule has 1 aliphatic heterocycles. The number of carbonyl (C=O) groups is 1. The number of aliphatic hydroxyl groups excluding tert-OH is 1. The summed E-state index contributed by atoms with van der Waals surface area (Å²) in [5.74, 6) is 0.0452. The molecule has 1 aromatic rings. The minimum atomic E-state index is -0.634. The van der Waals surface area contributed by atoms with E-state index in [9.17, 15) is 9.90 Å². The number of aliphatic hydroxyl groups is 1. The monoisotopic (exact) mass is 237 g/mol. The summed E-state index contributed by atoms with van der Waals surface area (Å²) >= 11 is 1.51. The van der Waals surface area contributed by atoms with E-state index in [1.807, 2.05) is 36.6 Å². The minimum absolute atomic E-state index is 0.0452. The number of thioether (sulfide) groups is 1. The molecule has 0 radical (unpaired) electrons. The fourth-order valence-electron chi connectivity index (χ4n) is 1.91. The second-order valence-corrected chi connectivity index (χ2v) is 4.93. The van der Waals surface area contributed by atoms with E-state index in [4.69, 9.17) is 0 Å². The van der Waals surface area contributed by atoms with Crippen LogP contribution < -0.4 is 0 Å². The van der Waals surface area contributed by atoms with Crippen LogP contribution in [0.25, 0.3) is 0 Å². The van der Waals surface area contributed by atoms with E-state index in [1.54, 1.807) is 4.90 Å². The normalized spacial score (nSPS) is 25.1. The van der Waals surface area contributed by atoms with Crippen molar-refractivity contribution in [3.63, 3.8) is 0 Å². The Kier molecular flexibility index (Phi) is 3.51. The summed E-state index contributed by atoms with van der Waals surface area (Å²) in [5, 5.41) is 9.73. The van der Waals surface area contributed by atoms with Crippen LogP contribution in [0.2, 0.25) is 0 Å². The number of rotatable bonds is 3. The van der Waals surface area contributed by atoms with Gasteiger partial charge in [0.25, 0.3) is 0 Å². The zero-order chi connectivity index (χ0) is 11.5. The Balaban J connectivity index is 2.08. The summed E-state index contributed by atoms with van der Waals surface area (Å²) < 4.78 is 0. The van der Waals surface area contributed by atoms with Crippen molar-refractivity contribution in [2.45, 2.75) is 24.4 Å². The first-order valence-corrected chi connectivity index (χ1v) is 6.56. The molecular formula is C12H15NO2S. The predicted molar refractivity (Wildman–Crippen MR) is 64.9 cm³/mol. The first-order valence-electron chi connectivity index (χ1n) is 5.27. The number of likely N-dealkylation sites (tertiary alicyclic amines) is 1. The lowest BCUT2D eigenvalue weighted by atomic mass is 10.2. The average molecular weight is 237 g/mol. The molecule has 1 aromatic carbocycles. The van der Waals surface area contributed by atoms with Crippen molar-refractivity contribution in [1.29, 1.82) is 0 Å². The third kappa shape index (κ3) is 2.23. The van der Waals surface area contributed by atoms with Crippen molar-refractivity contribution in [2.75, 3.05) is 6.26 Å². The highest BCUT2D eigenvalue weighted by atomic mass is 32.2. The Morgan fingerprint density at radius 3 is 2.69 bits per heavy atom. The number of amides is 1. The fourth-order valence-corrected chi connectivity index (χ4v) is 2.61. The molecule has 1 saturated heterocycles. The molecule has 0 bridgehead atoms. The van der Waals surface area contributed by atoms with Crippen LogP contribution >= 0.6 is 11.8 Å². The molecule has 1 aliphatic rings. The third-order valence-corrected chi connectivity index (χ3v) is 3.79. The smallest absolute Gasteiger partial charge is 0.238 e. The Morgan fingerprint density at radius 1 is 1.44 bits per heavy atom. The second-order valence-electron chi connectivity index (χ2n) is 3.89. The van der Waals surface area contributed by atoms with Crippen molar-refractivity contribution in [3.05, 3.63) is 35.9 Å². The number of carbonyl (C=O) groups excluding carboxylic acids is 1. The lowest BCUT2D eigenvalue weighted by Gasteiger charge is -2.20. The van der Waals surface area contributed by atoms with Crippen LogP contribution in [-0.4, -0.2) is 33.6 Å². The van der Waals surface area contributed by atoms with Gasteiger partial charge in [-0.25, -0.2) is 0 Å². The first-order chi connectivity index (χ1) is 7.72. The number of nitrogens with zero attached hydrogens (tertiary/aromatic N) is 1. The molecule has 0 saturated carbocycles. The minimum Gasteiger partial charge on any atom is -0.373 e. The number of hydrogen-bond acceptors (Lipinski definition) is 3. The van der Waals surface area contributed by atoms with Crippen molar-refractivity contribution < 1.29 is 9.90 Å². The fraction of sp³-hybridized carbons (Fsp3) is 0.417. The molecule has 86 valence electrons. The van der Waals surface area contributed by atoms with Gasteiger partial charge in [0.2, 0.25) is 5.91 Å². The van der Waals surface area contributed by atoms with E-state index in [-0.39, 0.29) is 11.2 Å². The molecule has 0 aromatic heterocycles. The molecule has 2 atom stereocenters. The van der Waals surface area contributed by atoms with E-state index in [2.05, 4.69) is 0 Å². The lowest BCUT2D eigenvalue weighted by Crippen LogP contribution is -2.33. The van der Waals surface area contributed by atoms with Crippen LogP contribution in [-0.2, 0) is 11.3 Å². The molecule has 1 fully saturated rings. The maximum Gasteiger partial charge on any atom is 0.238 e. The molecule has 4 heteroatoms. The van der Waals surface area contributed by atoms with Crippen molar-refractivity contribution in [1.82, 2.24) is 4.90 Å². The van der Waals surface area contributed by atoms with Crippen molar-refractivity contribution in [3.8, 4) is 0 Å². The van der Waals surface area contributed by atoms with Gasteiger partial charge in [-0.15, -0.1) is 0 Å². The van der Waals surface area contributed by atoms with Crippen molar-refractivity contribution in [2.24, 2.45) is 0 Å². The molecule has 1 heterocycles. The Bertz CT molecular complexity index is 369. The van der Waals surface area contributed by atoms with Gasteiger partial charge >= 0.3 is 0 Å². The third-order valence-electron chi connectivity index (χ3n) is 2.82. The number of benzene rings is 1. The van der Waals surface area contributed by atoms with E-state index in [1.165, 1.54) is 11.8 Å². The van der Waals surface area contributed by atoms with E-state index in [0.29, 0.717) is 13.0 Å². The zero-order valence-corrected chi connectivity index (χ0v) is 9.98. The summed E-state index contributed by atoms with van der Waals surface area (Å²) in [5.41, 5.74) is 1.05. The summed E-state index contributed by atoms with van der Waals surface area (Å²) in [6, 6.07) is 9.75. The molecule has 0 aliphatic carbocycles. The van der Waals surface area contributed by atoms with Crippen LogP contribution in [0.3, 0.4) is 0 Å². The van der Waals surface area contributed by atoms with Crippen LogP contribution in [0.1, 0.15) is 12.0 Å². The van der Waals surface area contributed by atoms with E-state index >= 15 is 0 Å². The predicted octanol–water partition coefficient (Wildman–Crippen LogP) is 1.47. The summed E-state index contributed by atoms with van der Waals surface area (Å²) in [7, 11) is 0. The summed E-state index contributed by atoms with van der Waals surface area (Å²) in [6.07, 6.45) is 1.80. The molecular weight excluding hydrogens is 222 g/mol. The highest BCUT2D eigenvalue weighted by molar-refractivity contribution is 7.99. The highest BCUT2D eigenvalue weighted by Gasteiger charge is 2.37. The highest BCUT2D eigenvalue weighted by Crippen LogP contribution is 2.27. The standard InChI is InChI=1S/C12H15NO2S/c1-16-10-7-11(14)13(12(10)15)8-9-5-3-2-4-6-9/h2-6,10-11,14H,7-8H2,1H3. The van der Waals surface area contributed by atoms with Gasteiger partial charge in [-0.1, -0.05) is 30.3 Å². The van der Waals surface area contributed by atoms with Crippen molar-refractivity contribution >= 4 is 17.7 Å². The van der Waals surface area contributed by atoms with Gasteiger partial charge in [-0.05, 0) is 11.8 Å². The van der Waals surface area contributed by atoms with Gasteiger partial charge in [0.1, 0.15) is 6.23 Å². The van der Waals surface area contributed by atoms with Gasteiger partial charge in [-0.2, -0.15) is 11.8 Å². The molecule has 0 spiro atoms. The average Bonchev–Trinajstić information content (AvgIpc) is 2.58. The summed E-state index contributed by atoms with van der Waals surface area (Å²) in [6.45, 7) is 0.498. The quantitative estimate of drug-likeness (QED) is 0.865. The van der Waals surface area contributed by atoms with E-state index < -0.39 is 6.23 Å². The topological polar surface area (TPSA) is 40.5 Å². The Hall–Kier alpha value is -1.00. The molecule has 1 amide bonds. The SMILES string of the molecule is CSC1CC(O)N(Cc2ccccc2)C1=O. The molecule has 1 N–H and O–H groups in total. The van der Waals surface area contributed by atoms with Crippen LogP contribution in [0.15, 0.2) is 30.3 Å². The second kappa shape index (κ2) is 4.89. The largest absolute Gasteiger partial charge is 0.373 e. The molecule has 2 rings (SSSR count). The Labute approximate surface area is 99.5 Å².